The predicted molar refractivity (Wildman–Crippen MR) is 115 cm³/mol. The van der Waals surface area contributed by atoms with E-state index in [-0.39, 0.29) is 5.91 Å². The highest BCUT2D eigenvalue weighted by Crippen LogP contribution is 2.25. The van der Waals surface area contributed by atoms with E-state index in [1.807, 2.05) is 55.8 Å². The van der Waals surface area contributed by atoms with E-state index < -0.39 is 0 Å². The third-order valence-corrected chi connectivity index (χ3v) is 5.43. The molecule has 6 nitrogen and oxygen atoms in total. The van der Waals surface area contributed by atoms with Crippen LogP contribution in [0.5, 0.6) is 0 Å². The molecule has 1 aliphatic heterocycles. The van der Waals surface area contributed by atoms with Gasteiger partial charge in [0, 0.05) is 24.5 Å². The van der Waals surface area contributed by atoms with Gasteiger partial charge in [-0.05, 0) is 56.2 Å². The Morgan fingerprint density at radius 3 is 2.52 bits per heavy atom. The zero-order chi connectivity index (χ0) is 20.4. The van der Waals surface area contributed by atoms with Crippen LogP contribution in [0.2, 0.25) is 0 Å². The van der Waals surface area contributed by atoms with Gasteiger partial charge in [0.1, 0.15) is 0 Å². The van der Waals surface area contributed by atoms with E-state index in [9.17, 15) is 4.79 Å². The maximum Gasteiger partial charge on any atom is 0.259 e. The van der Waals surface area contributed by atoms with E-state index in [0.717, 1.165) is 60.2 Å². The maximum absolute atomic E-state index is 12.9. The molecule has 0 aliphatic carbocycles. The van der Waals surface area contributed by atoms with Gasteiger partial charge >= 0.3 is 0 Å². The zero-order valence-electron chi connectivity index (χ0n) is 17.1. The summed E-state index contributed by atoms with van der Waals surface area (Å²) in [5.41, 5.74) is 6.49. The fourth-order valence-electron chi connectivity index (χ4n) is 3.67. The number of aromatic nitrogens is 2. The van der Waals surface area contributed by atoms with E-state index in [2.05, 4.69) is 27.4 Å². The van der Waals surface area contributed by atoms with Crippen LogP contribution in [0.3, 0.4) is 0 Å². The molecule has 0 saturated carbocycles. The number of anilines is 2. The van der Waals surface area contributed by atoms with Crippen molar-refractivity contribution in [3.63, 3.8) is 0 Å². The lowest BCUT2D eigenvalue weighted by atomic mass is 10.1. The summed E-state index contributed by atoms with van der Waals surface area (Å²) in [6.07, 6.45) is 1.63. The number of rotatable bonds is 4. The van der Waals surface area contributed by atoms with Crippen LogP contribution in [-0.4, -0.2) is 42.0 Å². The van der Waals surface area contributed by atoms with Crippen molar-refractivity contribution >= 4 is 17.3 Å². The number of ether oxygens (including phenoxy) is 1. The van der Waals surface area contributed by atoms with Crippen LogP contribution in [0.25, 0.3) is 5.69 Å². The fourth-order valence-corrected chi connectivity index (χ4v) is 3.67. The van der Waals surface area contributed by atoms with Crippen molar-refractivity contribution in [2.75, 3.05) is 36.5 Å². The van der Waals surface area contributed by atoms with Gasteiger partial charge < -0.3 is 15.0 Å². The summed E-state index contributed by atoms with van der Waals surface area (Å²) < 4.78 is 7.24. The average molecular weight is 390 g/mol. The Kier molecular flexibility index (Phi) is 5.36. The summed E-state index contributed by atoms with van der Waals surface area (Å²) in [4.78, 5) is 15.2. The van der Waals surface area contributed by atoms with Crippen LogP contribution in [0.1, 0.15) is 27.2 Å². The molecule has 0 spiro atoms. The Balaban J connectivity index is 1.53. The molecule has 1 aliphatic rings. The van der Waals surface area contributed by atoms with E-state index in [0.29, 0.717) is 5.56 Å². The van der Waals surface area contributed by atoms with Gasteiger partial charge in [-0.3, -0.25) is 4.79 Å². The number of benzene rings is 2. The van der Waals surface area contributed by atoms with E-state index in [4.69, 9.17) is 4.74 Å². The first kappa shape index (κ1) is 19.2. The van der Waals surface area contributed by atoms with Crippen molar-refractivity contribution in [2.24, 2.45) is 0 Å². The second-order valence-electron chi connectivity index (χ2n) is 7.39. The van der Waals surface area contributed by atoms with Crippen molar-refractivity contribution in [1.29, 1.82) is 0 Å². The van der Waals surface area contributed by atoms with Gasteiger partial charge in [-0.1, -0.05) is 18.2 Å². The molecule has 0 atom stereocenters. The molecule has 0 bridgehead atoms. The molecule has 2 aromatic carbocycles. The molecule has 4 rings (SSSR count). The highest BCUT2D eigenvalue weighted by atomic mass is 16.5. The zero-order valence-corrected chi connectivity index (χ0v) is 17.1. The standard InChI is InChI=1S/C23H26N4O2/c1-16-6-4-5-7-22(16)27-18(3)20(15-24-27)23(28)25-21-9-8-19(14-17(21)2)26-10-12-29-13-11-26/h4-9,14-15H,10-13H2,1-3H3,(H,25,28). The van der Waals surface area contributed by atoms with Crippen LogP contribution in [-0.2, 0) is 4.74 Å². The number of nitrogens with zero attached hydrogens (tertiary/aromatic N) is 3. The Morgan fingerprint density at radius 1 is 1.03 bits per heavy atom. The highest BCUT2D eigenvalue weighted by Gasteiger charge is 2.18. The van der Waals surface area contributed by atoms with E-state index in [1.165, 1.54) is 0 Å². The van der Waals surface area contributed by atoms with Crippen LogP contribution in [0.15, 0.2) is 48.7 Å². The molecule has 1 N–H and O–H groups in total. The third-order valence-electron chi connectivity index (χ3n) is 5.43. The van der Waals surface area contributed by atoms with Crippen molar-refractivity contribution in [3.8, 4) is 5.69 Å². The number of hydrogen-bond donors (Lipinski definition) is 1. The van der Waals surface area contributed by atoms with Gasteiger partial charge in [-0.15, -0.1) is 0 Å². The molecule has 6 heteroatoms. The summed E-state index contributed by atoms with van der Waals surface area (Å²) in [7, 11) is 0. The van der Waals surface area contributed by atoms with Gasteiger partial charge in [-0.2, -0.15) is 5.10 Å². The molecule has 29 heavy (non-hydrogen) atoms. The first-order valence-corrected chi connectivity index (χ1v) is 9.90. The number of morpholine rings is 1. The van der Waals surface area contributed by atoms with Gasteiger partial charge in [-0.25, -0.2) is 4.68 Å². The number of amides is 1. The van der Waals surface area contributed by atoms with Gasteiger partial charge in [0.05, 0.1) is 36.4 Å². The third kappa shape index (κ3) is 3.89. The van der Waals surface area contributed by atoms with Crippen molar-refractivity contribution in [3.05, 3.63) is 71.0 Å². The molecule has 1 amide bonds. The molecule has 3 aromatic rings. The van der Waals surface area contributed by atoms with Crippen molar-refractivity contribution in [2.45, 2.75) is 20.8 Å². The minimum absolute atomic E-state index is 0.149. The number of hydrogen-bond acceptors (Lipinski definition) is 4. The first-order valence-electron chi connectivity index (χ1n) is 9.90. The minimum atomic E-state index is -0.149. The van der Waals surface area contributed by atoms with Crippen molar-refractivity contribution in [1.82, 2.24) is 9.78 Å². The number of carbonyl (C=O) groups excluding carboxylic acids is 1. The first-order chi connectivity index (χ1) is 14.0. The minimum Gasteiger partial charge on any atom is -0.378 e. The largest absolute Gasteiger partial charge is 0.378 e. The fraction of sp³-hybridized carbons (Fsp3) is 0.304. The van der Waals surface area contributed by atoms with Gasteiger partial charge in [0.25, 0.3) is 5.91 Å². The number of nitrogens with one attached hydrogen (secondary N) is 1. The molecule has 2 heterocycles. The van der Waals surface area contributed by atoms with E-state index in [1.54, 1.807) is 6.20 Å². The normalized spacial score (nSPS) is 14.1. The predicted octanol–water partition coefficient (Wildman–Crippen LogP) is 3.89. The monoisotopic (exact) mass is 390 g/mol. The maximum atomic E-state index is 12.9. The summed E-state index contributed by atoms with van der Waals surface area (Å²) in [5, 5.41) is 7.49. The highest BCUT2D eigenvalue weighted by molar-refractivity contribution is 6.05. The van der Waals surface area contributed by atoms with Crippen LogP contribution < -0.4 is 10.2 Å². The lowest BCUT2D eigenvalue weighted by Gasteiger charge is -2.29. The number of aryl methyl sites for hydroxylation is 2. The topological polar surface area (TPSA) is 59.4 Å². The average Bonchev–Trinajstić information content (AvgIpc) is 3.12. The molecular weight excluding hydrogens is 364 g/mol. The van der Waals surface area contributed by atoms with Crippen LogP contribution in [0, 0.1) is 20.8 Å². The Morgan fingerprint density at radius 2 is 1.79 bits per heavy atom. The Bertz CT molecular complexity index is 1040. The summed E-state index contributed by atoms with van der Waals surface area (Å²) in [5.74, 6) is -0.149. The lowest BCUT2D eigenvalue weighted by Crippen LogP contribution is -2.36. The summed E-state index contributed by atoms with van der Waals surface area (Å²) in [6.45, 7) is 9.26. The SMILES string of the molecule is Cc1cc(N2CCOCC2)ccc1NC(=O)c1cnn(-c2ccccc2C)c1C. The Hall–Kier alpha value is -3.12. The second kappa shape index (κ2) is 8.09. The van der Waals surface area contributed by atoms with Crippen LogP contribution in [0.4, 0.5) is 11.4 Å². The molecular formula is C23H26N4O2. The molecule has 150 valence electrons. The van der Waals surface area contributed by atoms with Crippen LogP contribution >= 0.6 is 0 Å². The molecule has 1 aromatic heterocycles. The summed E-state index contributed by atoms with van der Waals surface area (Å²) >= 11 is 0. The Labute approximate surface area is 171 Å². The number of para-hydroxylation sites is 1. The number of carbonyl (C=O) groups is 1. The van der Waals surface area contributed by atoms with Gasteiger partial charge in [0.2, 0.25) is 0 Å². The quantitative estimate of drug-likeness (QED) is 0.734. The second-order valence-corrected chi connectivity index (χ2v) is 7.39. The molecule has 0 radical (unpaired) electrons. The smallest absolute Gasteiger partial charge is 0.259 e. The molecule has 1 saturated heterocycles. The van der Waals surface area contributed by atoms with E-state index >= 15 is 0 Å². The van der Waals surface area contributed by atoms with Crippen molar-refractivity contribution < 1.29 is 9.53 Å². The lowest BCUT2D eigenvalue weighted by molar-refractivity contribution is 0.102. The molecule has 1 fully saturated rings. The molecule has 0 unspecified atom stereocenters. The summed E-state index contributed by atoms with van der Waals surface area (Å²) in [6, 6.07) is 14.2. The van der Waals surface area contributed by atoms with Gasteiger partial charge in [0.15, 0.2) is 0 Å².